The Morgan fingerprint density at radius 2 is 1.96 bits per heavy atom. The van der Waals surface area contributed by atoms with Crippen molar-refractivity contribution >= 4 is 0 Å². The summed E-state index contributed by atoms with van der Waals surface area (Å²) in [5, 5.41) is 0. The first kappa shape index (κ1) is 16.1. The SMILES string of the molecule is CCN(C)[C@H]1CCc2ccccc2[C@@H]1c1ccc(C)c(OC)c1. The van der Waals surface area contributed by atoms with Crippen molar-refractivity contribution < 1.29 is 4.74 Å². The summed E-state index contributed by atoms with van der Waals surface area (Å²) >= 11 is 0. The van der Waals surface area contributed by atoms with Crippen LogP contribution in [0.3, 0.4) is 0 Å². The van der Waals surface area contributed by atoms with Gasteiger partial charge >= 0.3 is 0 Å². The van der Waals surface area contributed by atoms with Crippen molar-refractivity contribution in [2.75, 3.05) is 20.7 Å². The van der Waals surface area contributed by atoms with Gasteiger partial charge in [0, 0.05) is 12.0 Å². The lowest BCUT2D eigenvalue weighted by Gasteiger charge is -2.39. The molecule has 0 spiro atoms. The van der Waals surface area contributed by atoms with Crippen molar-refractivity contribution in [3.05, 3.63) is 64.7 Å². The Bertz CT molecular complexity index is 679. The van der Waals surface area contributed by atoms with E-state index in [-0.39, 0.29) is 0 Å². The van der Waals surface area contributed by atoms with Crippen LogP contribution >= 0.6 is 0 Å². The van der Waals surface area contributed by atoms with E-state index in [4.69, 9.17) is 4.74 Å². The van der Waals surface area contributed by atoms with Gasteiger partial charge in [0.1, 0.15) is 5.75 Å². The van der Waals surface area contributed by atoms with Gasteiger partial charge in [-0.25, -0.2) is 0 Å². The number of likely N-dealkylation sites (N-methyl/N-ethyl adjacent to an activating group) is 1. The minimum Gasteiger partial charge on any atom is -0.496 e. The third-order valence-electron chi connectivity index (χ3n) is 5.34. The average molecular weight is 309 g/mol. The number of ether oxygens (including phenoxy) is 1. The van der Waals surface area contributed by atoms with Gasteiger partial charge in [-0.1, -0.05) is 43.3 Å². The molecule has 0 unspecified atom stereocenters. The Hall–Kier alpha value is -1.80. The van der Waals surface area contributed by atoms with E-state index in [2.05, 4.69) is 68.3 Å². The summed E-state index contributed by atoms with van der Waals surface area (Å²) in [5.41, 5.74) is 5.54. The minimum absolute atomic E-state index is 0.416. The molecule has 23 heavy (non-hydrogen) atoms. The smallest absolute Gasteiger partial charge is 0.122 e. The molecule has 2 aromatic rings. The van der Waals surface area contributed by atoms with Gasteiger partial charge in [0.05, 0.1) is 7.11 Å². The van der Waals surface area contributed by atoms with Crippen molar-refractivity contribution in [1.29, 1.82) is 0 Å². The van der Waals surface area contributed by atoms with E-state index in [1.807, 2.05) is 0 Å². The first-order valence-corrected chi connectivity index (χ1v) is 8.58. The second-order valence-corrected chi connectivity index (χ2v) is 6.58. The summed E-state index contributed by atoms with van der Waals surface area (Å²) < 4.78 is 5.57. The van der Waals surface area contributed by atoms with E-state index in [0.29, 0.717) is 12.0 Å². The second kappa shape index (κ2) is 6.76. The molecule has 3 rings (SSSR count). The normalized spacial score (nSPS) is 20.4. The third kappa shape index (κ3) is 3.00. The standard InChI is InChI=1S/C21H27NO/c1-5-22(3)19-13-12-16-8-6-7-9-18(16)21(19)17-11-10-15(2)20(14-17)23-4/h6-11,14,19,21H,5,12-13H2,1-4H3/t19-,21-/m0/s1. The first-order chi connectivity index (χ1) is 11.2. The highest BCUT2D eigenvalue weighted by Crippen LogP contribution is 2.40. The van der Waals surface area contributed by atoms with Crippen LogP contribution in [0.4, 0.5) is 0 Å². The van der Waals surface area contributed by atoms with E-state index < -0.39 is 0 Å². The summed E-state index contributed by atoms with van der Waals surface area (Å²) in [4.78, 5) is 2.49. The molecule has 2 atom stereocenters. The van der Waals surface area contributed by atoms with Crippen LogP contribution < -0.4 is 4.74 Å². The Morgan fingerprint density at radius 1 is 1.17 bits per heavy atom. The van der Waals surface area contributed by atoms with Crippen LogP contribution in [0.15, 0.2) is 42.5 Å². The summed E-state index contributed by atoms with van der Waals surface area (Å²) in [6, 6.07) is 16.2. The predicted octanol–water partition coefficient (Wildman–Crippen LogP) is 4.40. The van der Waals surface area contributed by atoms with Crippen LogP contribution in [0.1, 0.15) is 41.5 Å². The fourth-order valence-electron chi connectivity index (χ4n) is 3.88. The number of methoxy groups -OCH3 is 1. The van der Waals surface area contributed by atoms with Crippen LogP contribution in [0.2, 0.25) is 0 Å². The zero-order valence-corrected chi connectivity index (χ0v) is 14.7. The zero-order valence-electron chi connectivity index (χ0n) is 14.7. The van der Waals surface area contributed by atoms with E-state index in [1.165, 1.54) is 35.1 Å². The molecule has 0 heterocycles. The van der Waals surface area contributed by atoms with Crippen molar-refractivity contribution in [3.8, 4) is 5.75 Å². The van der Waals surface area contributed by atoms with Gasteiger partial charge in [0.25, 0.3) is 0 Å². The molecule has 0 saturated heterocycles. The number of aryl methyl sites for hydroxylation is 2. The highest BCUT2D eigenvalue weighted by atomic mass is 16.5. The molecular formula is C21H27NO. The topological polar surface area (TPSA) is 12.5 Å². The molecule has 0 saturated carbocycles. The zero-order chi connectivity index (χ0) is 16.4. The summed E-state index contributed by atoms with van der Waals surface area (Å²) in [6.07, 6.45) is 2.38. The van der Waals surface area contributed by atoms with Crippen molar-refractivity contribution in [2.24, 2.45) is 0 Å². The quantitative estimate of drug-likeness (QED) is 0.830. The number of rotatable bonds is 4. The molecule has 2 nitrogen and oxygen atoms in total. The van der Waals surface area contributed by atoms with Gasteiger partial charge < -0.3 is 9.64 Å². The summed E-state index contributed by atoms with van der Waals surface area (Å²) in [5.74, 6) is 1.41. The van der Waals surface area contributed by atoms with Crippen LogP contribution in [0, 0.1) is 6.92 Å². The molecule has 0 aromatic heterocycles. The molecule has 0 aliphatic heterocycles. The highest BCUT2D eigenvalue weighted by Gasteiger charge is 2.32. The number of benzene rings is 2. The molecule has 0 amide bonds. The van der Waals surface area contributed by atoms with E-state index in [1.54, 1.807) is 7.11 Å². The predicted molar refractivity (Wildman–Crippen MR) is 96.4 cm³/mol. The maximum Gasteiger partial charge on any atom is 0.122 e. The molecule has 122 valence electrons. The fraction of sp³-hybridized carbons (Fsp3) is 0.429. The van der Waals surface area contributed by atoms with Gasteiger partial charge in [-0.2, -0.15) is 0 Å². The minimum atomic E-state index is 0.416. The average Bonchev–Trinajstić information content (AvgIpc) is 2.60. The molecule has 0 bridgehead atoms. The number of hydrogen-bond acceptors (Lipinski definition) is 2. The van der Waals surface area contributed by atoms with E-state index in [0.717, 1.165) is 12.3 Å². The monoisotopic (exact) mass is 309 g/mol. The van der Waals surface area contributed by atoms with Gasteiger partial charge in [-0.15, -0.1) is 0 Å². The van der Waals surface area contributed by atoms with Crippen LogP contribution in [-0.2, 0) is 6.42 Å². The van der Waals surface area contributed by atoms with Crippen LogP contribution in [0.5, 0.6) is 5.75 Å². The third-order valence-corrected chi connectivity index (χ3v) is 5.34. The maximum atomic E-state index is 5.57. The molecule has 1 aliphatic carbocycles. The van der Waals surface area contributed by atoms with Gasteiger partial charge in [0.15, 0.2) is 0 Å². The molecule has 2 aromatic carbocycles. The van der Waals surface area contributed by atoms with Gasteiger partial charge in [-0.3, -0.25) is 0 Å². The second-order valence-electron chi connectivity index (χ2n) is 6.58. The molecule has 1 aliphatic rings. The van der Waals surface area contributed by atoms with E-state index >= 15 is 0 Å². The molecule has 0 N–H and O–H groups in total. The molecule has 0 fully saturated rings. The van der Waals surface area contributed by atoms with Crippen molar-refractivity contribution in [1.82, 2.24) is 4.90 Å². The number of fused-ring (bicyclic) bond motifs is 1. The van der Waals surface area contributed by atoms with Gasteiger partial charge in [0.2, 0.25) is 0 Å². The molecular weight excluding hydrogens is 282 g/mol. The Balaban J connectivity index is 2.10. The lowest BCUT2D eigenvalue weighted by atomic mass is 9.75. The first-order valence-electron chi connectivity index (χ1n) is 8.58. The summed E-state index contributed by atoms with van der Waals surface area (Å²) in [7, 11) is 4.01. The highest BCUT2D eigenvalue weighted by molar-refractivity contribution is 5.46. The maximum absolute atomic E-state index is 5.57. The van der Waals surface area contributed by atoms with Crippen LogP contribution in [-0.4, -0.2) is 31.6 Å². The lowest BCUT2D eigenvalue weighted by Crippen LogP contribution is -2.40. The molecule has 0 radical (unpaired) electrons. The fourth-order valence-corrected chi connectivity index (χ4v) is 3.88. The summed E-state index contributed by atoms with van der Waals surface area (Å²) in [6.45, 7) is 5.42. The largest absolute Gasteiger partial charge is 0.496 e. The molecule has 2 heteroatoms. The van der Waals surface area contributed by atoms with Gasteiger partial charge in [-0.05, 0) is 61.7 Å². The Kier molecular flexibility index (Phi) is 4.72. The van der Waals surface area contributed by atoms with Crippen molar-refractivity contribution in [3.63, 3.8) is 0 Å². The Labute approximate surface area is 140 Å². The van der Waals surface area contributed by atoms with Crippen molar-refractivity contribution in [2.45, 2.75) is 38.6 Å². The Morgan fingerprint density at radius 3 is 2.70 bits per heavy atom. The number of nitrogens with zero attached hydrogens (tertiary/aromatic N) is 1. The van der Waals surface area contributed by atoms with E-state index in [9.17, 15) is 0 Å². The lowest BCUT2D eigenvalue weighted by molar-refractivity contribution is 0.213. The number of hydrogen-bond donors (Lipinski definition) is 0. The van der Waals surface area contributed by atoms with Crippen LogP contribution in [0.25, 0.3) is 0 Å².